The van der Waals surface area contributed by atoms with Gasteiger partial charge in [-0.05, 0) is 16.9 Å². The summed E-state index contributed by atoms with van der Waals surface area (Å²) in [6.07, 6.45) is -2.85. The SMILES string of the molecule is [O-][n+]1cc(C=NO)nn1-c1c(Cl)cc(C(F)(F)F)cc1Cl. The highest BCUT2D eigenvalue weighted by Gasteiger charge is 2.33. The third-order valence-corrected chi connectivity index (χ3v) is 2.95. The number of aromatic nitrogens is 3. The molecule has 0 aliphatic rings. The van der Waals surface area contributed by atoms with Crippen LogP contribution in [-0.4, -0.2) is 21.3 Å². The molecule has 0 amide bonds. The van der Waals surface area contributed by atoms with Crippen LogP contribution in [0.2, 0.25) is 10.0 Å². The van der Waals surface area contributed by atoms with E-state index in [1.54, 1.807) is 0 Å². The molecule has 0 aliphatic heterocycles. The van der Waals surface area contributed by atoms with E-state index in [2.05, 4.69) is 10.3 Å². The van der Waals surface area contributed by atoms with Crippen molar-refractivity contribution in [1.82, 2.24) is 9.90 Å². The molecule has 0 bridgehead atoms. The van der Waals surface area contributed by atoms with Gasteiger partial charge < -0.3 is 10.4 Å². The minimum atomic E-state index is -4.63. The van der Waals surface area contributed by atoms with Gasteiger partial charge in [-0.2, -0.15) is 18.0 Å². The van der Waals surface area contributed by atoms with Crippen LogP contribution in [0.3, 0.4) is 0 Å². The number of nitrogens with zero attached hydrogens (tertiary/aromatic N) is 4. The topological polar surface area (TPSA) is 77.3 Å². The Morgan fingerprint density at radius 3 is 2.38 bits per heavy atom. The molecule has 1 aromatic carbocycles. The number of rotatable bonds is 2. The lowest BCUT2D eigenvalue weighted by Crippen LogP contribution is -2.36. The van der Waals surface area contributed by atoms with Crippen LogP contribution >= 0.6 is 23.2 Å². The summed E-state index contributed by atoms with van der Waals surface area (Å²) in [4.78, 5) is 0.819. The third kappa shape index (κ3) is 3.03. The summed E-state index contributed by atoms with van der Waals surface area (Å²) in [5.74, 6) is 0. The predicted octanol–water partition coefficient (Wildman–Crippen LogP) is 2.64. The third-order valence-electron chi connectivity index (χ3n) is 2.37. The Labute approximate surface area is 125 Å². The molecular formula is C10H5Cl2F3N4O2. The van der Waals surface area contributed by atoms with E-state index in [1.807, 2.05) is 0 Å². The van der Waals surface area contributed by atoms with Crippen molar-refractivity contribution in [3.63, 3.8) is 0 Å². The van der Waals surface area contributed by atoms with Gasteiger partial charge in [0, 0.05) is 0 Å². The largest absolute Gasteiger partial charge is 0.692 e. The summed E-state index contributed by atoms with van der Waals surface area (Å²) in [7, 11) is 0. The first kappa shape index (κ1) is 15.4. The van der Waals surface area contributed by atoms with Gasteiger partial charge in [-0.1, -0.05) is 28.4 Å². The van der Waals surface area contributed by atoms with Crippen molar-refractivity contribution in [3.8, 4) is 5.69 Å². The Kier molecular flexibility index (Phi) is 3.97. The number of oxime groups is 1. The van der Waals surface area contributed by atoms with E-state index in [4.69, 9.17) is 28.4 Å². The van der Waals surface area contributed by atoms with Crippen molar-refractivity contribution in [2.45, 2.75) is 6.18 Å². The molecule has 2 rings (SSSR count). The molecule has 1 aromatic heterocycles. The predicted molar refractivity (Wildman–Crippen MR) is 66.9 cm³/mol. The molecule has 112 valence electrons. The quantitative estimate of drug-likeness (QED) is 0.300. The second kappa shape index (κ2) is 5.41. The molecule has 0 atom stereocenters. The van der Waals surface area contributed by atoms with Crippen LogP contribution in [0.5, 0.6) is 0 Å². The highest BCUT2D eigenvalue weighted by atomic mass is 35.5. The van der Waals surface area contributed by atoms with E-state index in [0.717, 1.165) is 12.4 Å². The molecule has 0 unspecified atom stereocenters. The molecule has 0 spiro atoms. The number of hydrogen-bond donors (Lipinski definition) is 1. The summed E-state index contributed by atoms with van der Waals surface area (Å²) in [6, 6.07) is 1.26. The van der Waals surface area contributed by atoms with Crippen LogP contribution in [0.25, 0.3) is 5.69 Å². The lowest BCUT2D eigenvalue weighted by molar-refractivity contribution is -0.688. The standard InChI is InChI=1S/C10H5Cl2F3N4O2/c11-7-1-5(10(13,14)15)2-8(12)9(7)19-17-6(3-16-20)4-18(19)21/h1-4,20H. The van der Waals surface area contributed by atoms with E-state index in [-0.39, 0.29) is 16.2 Å². The maximum Gasteiger partial charge on any atom is 0.416 e. The molecule has 0 saturated heterocycles. The molecule has 1 N–H and O–H groups in total. The van der Waals surface area contributed by atoms with Crippen molar-refractivity contribution >= 4 is 29.4 Å². The molecular weight excluding hydrogens is 336 g/mol. The van der Waals surface area contributed by atoms with Gasteiger partial charge in [-0.3, -0.25) is 0 Å². The van der Waals surface area contributed by atoms with Crippen LogP contribution in [0.1, 0.15) is 11.3 Å². The minimum Gasteiger partial charge on any atom is -0.692 e. The van der Waals surface area contributed by atoms with Gasteiger partial charge in [0.1, 0.15) is 6.21 Å². The van der Waals surface area contributed by atoms with Crippen molar-refractivity contribution < 1.29 is 23.2 Å². The Morgan fingerprint density at radius 2 is 1.90 bits per heavy atom. The normalized spacial score (nSPS) is 12.2. The zero-order valence-corrected chi connectivity index (χ0v) is 11.4. The van der Waals surface area contributed by atoms with Crippen LogP contribution in [0.15, 0.2) is 23.5 Å². The summed E-state index contributed by atoms with van der Waals surface area (Å²) in [5, 5.41) is 25.5. The maximum atomic E-state index is 12.6. The van der Waals surface area contributed by atoms with Crippen LogP contribution < -0.4 is 4.85 Å². The van der Waals surface area contributed by atoms with Crippen LogP contribution in [0, 0.1) is 5.21 Å². The molecule has 21 heavy (non-hydrogen) atoms. The van der Waals surface area contributed by atoms with Crippen LogP contribution in [0.4, 0.5) is 13.2 Å². The van der Waals surface area contributed by atoms with E-state index in [0.29, 0.717) is 16.9 Å². The summed E-state index contributed by atoms with van der Waals surface area (Å²) in [6.45, 7) is 0. The molecule has 0 radical (unpaired) electrons. The molecule has 2 aromatic rings. The van der Waals surface area contributed by atoms with Crippen molar-refractivity contribution in [3.05, 3.63) is 44.8 Å². The number of benzene rings is 1. The summed E-state index contributed by atoms with van der Waals surface area (Å²) < 4.78 is 37.8. The molecule has 0 fully saturated rings. The molecule has 0 saturated carbocycles. The first-order chi connectivity index (χ1) is 9.74. The molecule has 1 heterocycles. The highest BCUT2D eigenvalue weighted by molar-refractivity contribution is 6.37. The van der Waals surface area contributed by atoms with Gasteiger partial charge in [0.15, 0.2) is 11.9 Å². The van der Waals surface area contributed by atoms with Gasteiger partial charge >= 0.3 is 6.18 Å². The van der Waals surface area contributed by atoms with Crippen LogP contribution in [-0.2, 0) is 6.18 Å². The molecule has 11 heteroatoms. The van der Waals surface area contributed by atoms with Gasteiger partial charge in [0.25, 0.3) is 5.69 Å². The van der Waals surface area contributed by atoms with E-state index in [9.17, 15) is 18.4 Å². The Bertz CT molecular complexity index is 692. The van der Waals surface area contributed by atoms with E-state index in [1.165, 1.54) is 0 Å². The van der Waals surface area contributed by atoms with Gasteiger partial charge in [0.2, 0.25) is 0 Å². The number of alkyl halides is 3. The molecule has 0 aliphatic carbocycles. The second-order valence-electron chi connectivity index (χ2n) is 3.78. The van der Waals surface area contributed by atoms with E-state index >= 15 is 0 Å². The fraction of sp³-hybridized carbons (Fsp3) is 0.100. The molecule has 6 nitrogen and oxygen atoms in total. The Balaban J connectivity index is 2.60. The Morgan fingerprint density at radius 1 is 1.33 bits per heavy atom. The highest BCUT2D eigenvalue weighted by Crippen LogP contribution is 2.36. The fourth-order valence-corrected chi connectivity index (χ4v) is 2.17. The first-order valence-corrected chi connectivity index (χ1v) is 5.93. The number of halogens is 5. The summed E-state index contributed by atoms with van der Waals surface area (Å²) in [5.41, 5.74) is -1.32. The van der Waals surface area contributed by atoms with Gasteiger partial charge in [-0.15, -0.1) is 0 Å². The first-order valence-electron chi connectivity index (χ1n) is 5.17. The Hall–Kier alpha value is -2.00. The summed E-state index contributed by atoms with van der Waals surface area (Å²) >= 11 is 11.5. The zero-order chi connectivity index (χ0) is 15.8. The van der Waals surface area contributed by atoms with E-state index < -0.39 is 21.8 Å². The van der Waals surface area contributed by atoms with Crippen molar-refractivity contribution in [2.75, 3.05) is 0 Å². The fourth-order valence-electron chi connectivity index (χ4n) is 1.53. The smallest absolute Gasteiger partial charge is 0.416 e. The minimum absolute atomic E-state index is 0.0421. The zero-order valence-electron chi connectivity index (χ0n) is 9.84. The lowest BCUT2D eigenvalue weighted by atomic mass is 10.2. The average Bonchev–Trinajstić information content (AvgIpc) is 2.69. The lowest BCUT2D eigenvalue weighted by Gasteiger charge is -2.11. The van der Waals surface area contributed by atoms with Crippen molar-refractivity contribution in [2.24, 2.45) is 5.16 Å². The maximum absolute atomic E-state index is 12.6. The van der Waals surface area contributed by atoms with Gasteiger partial charge in [0.05, 0.1) is 20.7 Å². The number of hydrogen-bond acceptors (Lipinski definition) is 4. The average molecular weight is 341 g/mol. The second-order valence-corrected chi connectivity index (χ2v) is 4.59. The van der Waals surface area contributed by atoms with Gasteiger partial charge in [-0.25, -0.2) is 0 Å². The van der Waals surface area contributed by atoms with Crippen molar-refractivity contribution in [1.29, 1.82) is 0 Å². The monoisotopic (exact) mass is 340 g/mol.